The molecule has 1 unspecified atom stereocenters. The van der Waals surface area contributed by atoms with Gasteiger partial charge in [0.15, 0.2) is 6.29 Å². The molecule has 0 aromatic carbocycles. The predicted molar refractivity (Wildman–Crippen MR) is 56.2 cm³/mol. The van der Waals surface area contributed by atoms with Crippen LogP contribution in [0, 0.1) is 0 Å². The summed E-state index contributed by atoms with van der Waals surface area (Å²) in [5.74, 6) is 0. The summed E-state index contributed by atoms with van der Waals surface area (Å²) in [6, 6.07) is -0.0590. The van der Waals surface area contributed by atoms with Crippen LogP contribution < -0.4 is 5.32 Å². The second kappa shape index (κ2) is 3.62. The highest BCUT2D eigenvalue weighted by Gasteiger charge is 2.51. The van der Waals surface area contributed by atoms with Gasteiger partial charge in [0.1, 0.15) is 5.37 Å². The van der Waals surface area contributed by atoms with Crippen molar-refractivity contribution in [3.05, 3.63) is 0 Å². The van der Waals surface area contributed by atoms with Gasteiger partial charge in [-0.3, -0.25) is 14.4 Å². The van der Waals surface area contributed by atoms with Gasteiger partial charge in [0.25, 0.3) is 0 Å². The van der Waals surface area contributed by atoms with E-state index in [0.29, 0.717) is 0 Å². The fourth-order valence-corrected chi connectivity index (χ4v) is 3.75. The van der Waals surface area contributed by atoms with E-state index in [0.717, 1.165) is 0 Å². The standard InChI is InChI=1S/C8H19NO4S/c1-5-8(2,3)14(12,13)6(9-5)4-7(10)11/h5-7,9-13H,4H2,1-3H3/t5-,6?/m1/s1. The van der Waals surface area contributed by atoms with Gasteiger partial charge in [-0.2, -0.15) is 10.6 Å². The van der Waals surface area contributed by atoms with Gasteiger partial charge in [0, 0.05) is 12.5 Å². The predicted octanol–water partition coefficient (Wildman–Crippen LogP) is 0.534. The molecule has 6 heteroatoms. The molecule has 0 amide bonds. The van der Waals surface area contributed by atoms with Crippen molar-refractivity contribution in [3.8, 4) is 0 Å². The van der Waals surface area contributed by atoms with Gasteiger partial charge in [-0.15, -0.1) is 0 Å². The maximum Gasteiger partial charge on any atom is 0.154 e. The lowest BCUT2D eigenvalue weighted by molar-refractivity contribution is -0.0470. The van der Waals surface area contributed by atoms with Crippen LogP contribution in [-0.4, -0.2) is 41.8 Å². The van der Waals surface area contributed by atoms with E-state index >= 15 is 0 Å². The van der Waals surface area contributed by atoms with Crippen LogP contribution >= 0.6 is 10.6 Å². The number of aliphatic hydroxyl groups is 2. The molecule has 0 radical (unpaired) electrons. The molecule has 14 heavy (non-hydrogen) atoms. The summed E-state index contributed by atoms with van der Waals surface area (Å²) in [5.41, 5.74) is 0. The van der Waals surface area contributed by atoms with Crippen LogP contribution in [0.15, 0.2) is 0 Å². The number of rotatable bonds is 2. The molecule has 1 aliphatic rings. The van der Waals surface area contributed by atoms with Crippen molar-refractivity contribution in [2.45, 2.75) is 49.6 Å². The number of hydrogen-bond donors (Lipinski definition) is 5. The molecule has 0 saturated carbocycles. The second-order valence-corrected chi connectivity index (χ2v) is 7.10. The minimum atomic E-state index is -2.84. The summed E-state index contributed by atoms with van der Waals surface area (Å²) in [7, 11) is -2.84. The van der Waals surface area contributed by atoms with Crippen molar-refractivity contribution < 1.29 is 19.3 Å². The number of aliphatic hydroxyl groups excluding tert-OH is 1. The molecule has 1 rings (SSSR count). The Kier molecular flexibility index (Phi) is 3.16. The van der Waals surface area contributed by atoms with E-state index in [1.807, 2.05) is 6.92 Å². The molecule has 0 aromatic heterocycles. The van der Waals surface area contributed by atoms with Gasteiger partial charge in [0.2, 0.25) is 0 Å². The smallest absolute Gasteiger partial charge is 0.154 e. The normalized spacial score (nSPS) is 37.4. The molecule has 1 aliphatic heterocycles. The molecule has 1 heterocycles. The van der Waals surface area contributed by atoms with Crippen LogP contribution in [0.2, 0.25) is 0 Å². The lowest BCUT2D eigenvalue weighted by Crippen LogP contribution is -2.36. The molecule has 1 fully saturated rings. The minimum Gasteiger partial charge on any atom is -0.368 e. The van der Waals surface area contributed by atoms with Gasteiger partial charge in [-0.1, -0.05) is 0 Å². The first-order valence-electron chi connectivity index (χ1n) is 4.58. The van der Waals surface area contributed by atoms with E-state index < -0.39 is 27.0 Å². The van der Waals surface area contributed by atoms with Crippen LogP contribution in [-0.2, 0) is 0 Å². The fraction of sp³-hybridized carbons (Fsp3) is 1.00. The Balaban J connectivity index is 2.83. The third-order valence-electron chi connectivity index (χ3n) is 3.07. The molecule has 86 valence electrons. The Hall–Kier alpha value is 0.150. The second-order valence-electron chi connectivity index (χ2n) is 4.29. The summed E-state index contributed by atoms with van der Waals surface area (Å²) < 4.78 is 19.3. The highest BCUT2D eigenvalue weighted by atomic mass is 32.3. The number of hydrogen-bond acceptors (Lipinski definition) is 5. The molecule has 5 nitrogen and oxygen atoms in total. The van der Waals surface area contributed by atoms with Crippen LogP contribution in [0.4, 0.5) is 0 Å². The molecular formula is C8H19NO4S. The van der Waals surface area contributed by atoms with Crippen molar-refractivity contribution >= 4 is 10.6 Å². The topological polar surface area (TPSA) is 93.0 Å². The summed E-state index contributed by atoms with van der Waals surface area (Å²) in [6.07, 6.45) is -1.57. The van der Waals surface area contributed by atoms with Crippen LogP contribution in [0.5, 0.6) is 0 Å². The van der Waals surface area contributed by atoms with E-state index in [9.17, 15) is 9.11 Å². The molecule has 0 aliphatic carbocycles. The van der Waals surface area contributed by atoms with E-state index in [1.165, 1.54) is 0 Å². The van der Waals surface area contributed by atoms with E-state index in [4.69, 9.17) is 10.2 Å². The molecule has 0 spiro atoms. The molecule has 1 saturated heterocycles. The lowest BCUT2D eigenvalue weighted by atomic mass is 10.1. The molecule has 5 N–H and O–H groups in total. The number of nitrogens with one attached hydrogen (secondary N) is 1. The van der Waals surface area contributed by atoms with Crippen molar-refractivity contribution in [3.63, 3.8) is 0 Å². The Bertz CT molecular complexity index is 219. The molecule has 0 bridgehead atoms. The van der Waals surface area contributed by atoms with Crippen LogP contribution in [0.1, 0.15) is 27.2 Å². The summed E-state index contributed by atoms with van der Waals surface area (Å²) >= 11 is 0. The van der Waals surface area contributed by atoms with Crippen LogP contribution in [0.3, 0.4) is 0 Å². The van der Waals surface area contributed by atoms with Crippen LogP contribution in [0.25, 0.3) is 0 Å². The Morgan fingerprint density at radius 3 is 2.14 bits per heavy atom. The lowest BCUT2D eigenvalue weighted by Gasteiger charge is -2.44. The summed E-state index contributed by atoms with van der Waals surface area (Å²) in [6.45, 7) is 5.39. The maximum atomic E-state index is 9.96. The maximum absolute atomic E-state index is 9.96. The molecule has 2 atom stereocenters. The third kappa shape index (κ3) is 1.78. The van der Waals surface area contributed by atoms with E-state index in [1.54, 1.807) is 13.8 Å². The summed E-state index contributed by atoms with van der Waals surface area (Å²) in [5, 5.41) is 20.0. The van der Waals surface area contributed by atoms with Gasteiger partial charge in [-0.05, 0) is 20.8 Å². The van der Waals surface area contributed by atoms with Gasteiger partial charge >= 0.3 is 0 Å². The highest BCUT2D eigenvalue weighted by Crippen LogP contribution is 2.61. The molecule has 0 aromatic rings. The zero-order valence-corrected chi connectivity index (χ0v) is 9.45. The SMILES string of the molecule is C[C@H]1NC(CC(O)O)S(O)(O)C1(C)C. The first kappa shape index (κ1) is 12.2. The Labute approximate surface area is 85.5 Å². The van der Waals surface area contributed by atoms with Crippen molar-refractivity contribution in [2.75, 3.05) is 0 Å². The third-order valence-corrected chi connectivity index (χ3v) is 6.10. The van der Waals surface area contributed by atoms with E-state index in [2.05, 4.69) is 5.32 Å². The monoisotopic (exact) mass is 225 g/mol. The van der Waals surface area contributed by atoms with Crippen molar-refractivity contribution in [1.82, 2.24) is 5.32 Å². The van der Waals surface area contributed by atoms with Crippen molar-refractivity contribution in [2.24, 2.45) is 0 Å². The quantitative estimate of drug-likeness (QED) is 0.442. The average molecular weight is 225 g/mol. The fourth-order valence-electron chi connectivity index (χ4n) is 1.59. The zero-order chi connectivity index (χ0) is 11.1. The van der Waals surface area contributed by atoms with E-state index in [-0.39, 0.29) is 12.5 Å². The van der Waals surface area contributed by atoms with Crippen molar-refractivity contribution in [1.29, 1.82) is 0 Å². The Morgan fingerprint density at radius 1 is 1.36 bits per heavy atom. The molecular weight excluding hydrogens is 206 g/mol. The highest BCUT2D eigenvalue weighted by molar-refractivity contribution is 8.26. The minimum absolute atomic E-state index is 0.0590. The van der Waals surface area contributed by atoms with Gasteiger partial charge in [0.05, 0.1) is 4.75 Å². The summed E-state index contributed by atoms with van der Waals surface area (Å²) in [4.78, 5) is 0. The zero-order valence-electron chi connectivity index (χ0n) is 8.64. The first-order chi connectivity index (χ1) is 6.19. The van der Waals surface area contributed by atoms with Gasteiger partial charge < -0.3 is 10.2 Å². The Morgan fingerprint density at radius 2 is 1.86 bits per heavy atom. The average Bonchev–Trinajstić information content (AvgIpc) is 2.12. The van der Waals surface area contributed by atoms with Gasteiger partial charge in [-0.25, -0.2) is 0 Å². The first-order valence-corrected chi connectivity index (χ1v) is 6.19. The largest absolute Gasteiger partial charge is 0.368 e.